The molecule has 2 heterocycles. The van der Waals surface area contributed by atoms with Gasteiger partial charge in [0.05, 0.1) is 24.0 Å². The standard InChI is InChI=1S/C18H21ClN4O2/c1-11-4-3-5-12(7-6-11)21-18(24)16-9-15(22-23-16)13-8-17(25-2)20-10-14(13)19/h8-10,12H,1,3-7H2,2H3,(H,21,24)(H,22,23)/t12-/m0/s1. The Labute approximate surface area is 151 Å². The quantitative estimate of drug-likeness (QED) is 0.642. The van der Waals surface area contributed by atoms with E-state index in [0.29, 0.717) is 27.9 Å². The lowest BCUT2D eigenvalue weighted by molar-refractivity contribution is 0.0928. The summed E-state index contributed by atoms with van der Waals surface area (Å²) in [5.41, 5.74) is 2.93. The van der Waals surface area contributed by atoms with Gasteiger partial charge >= 0.3 is 0 Å². The molecule has 0 bridgehead atoms. The average molecular weight is 361 g/mol. The molecule has 1 fully saturated rings. The smallest absolute Gasteiger partial charge is 0.272 e. The fourth-order valence-corrected chi connectivity index (χ4v) is 3.17. The molecule has 0 aromatic carbocycles. The van der Waals surface area contributed by atoms with Crippen LogP contribution in [0, 0.1) is 0 Å². The van der Waals surface area contributed by atoms with E-state index >= 15 is 0 Å². The van der Waals surface area contributed by atoms with E-state index in [-0.39, 0.29) is 11.9 Å². The first-order chi connectivity index (χ1) is 12.1. The first kappa shape index (κ1) is 17.5. The van der Waals surface area contributed by atoms with Crippen LogP contribution in [-0.4, -0.2) is 34.2 Å². The third kappa shape index (κ3) is 4.20. The molecule has 0 radical (unpaired) electrons. The van der Waals surface area contributed by atoms with E-state index in [1.807, 2.05) is 0 Å². The topological polar surface area (TPSA) is 79.9 Å². The summed E-state index contributed by atoms with van der Waals surface area (Å²) in [5, 5.41) is 10.5. The van der Waals surface area contributed by atoms with Crippen LogP contribution in [0.5, 0.6) is 5.88 Å². The normalized spacial score (nSPS) is 17.8. The minimum Gasteiger partial charge on any atom is -0.481 e. The zero-order chi connectivity index (χ0) is 17.8. The molecule has 1 saturated carbocycles. The van der Waals surface area contributed by atoms with Crippen molar-refractivity contribution in [3.05, 3.63) is 41.2 Å². The third-order valence-corrected chi connectivity index (χ3v) is 4.71. The highest BCUT2D eigenvalue weighted by atomic mass is 35.5. The predicted octanol–water partition coefficient (Wildman–Crippen LogP) is 3.75. The first-order valence-corrected chi connectivity index (χ1v) is 8.67. The summed E-state index contributed by atoms with van der Waals surface area (Å²) >= 11 is 6.19. The van der Waals surface area contributed by atoms with E-state index in [1.54, 1.807) is 12.1 Å². The van der Waals surface area contributed by atoms with Gasteiger partial charge in [0.2, 0.25) is 5.88 Å². The van der Waals surface area contributed by atoms with E-state index in [4.69, 9.17) is 16.3 Å². The molecule has 0 spiro atoms. The largest absolute Gasteiger partial charge is 0.481 e. The van der Waals surface area contributed by atoms with Crippen molar-refractivity contribution in [2.45, 2.75) is 38.1 Å². The van der Waals surface area contributed by atoms with Gasteiger partial charge in [-0.3, -0.25) is 9.89 Å². The molecule has 1 atom stereocenters. The summed E-state index contributed by atoms with van der Waals surface area (Å²) in [6.07, 6.45) is 6.46. The second-order valence-corrected chi connectivity index (χ2v) is 6.63. The second-order valence-electron chi connectivity index (χ2n) is 6.22. The molecule has 0 aliphatic heterocycles. The highest BCUT2D eigenvalue weighted by Gasteiger charge is 2.19. The molecule has 2 aromatic heterocycles. The number of ether oxygens (including phenoxy) is 1. The Balaban J connectivity index is 1.72. The van der Waals surface area contributed by atoms with Crippen LogP contribution in [-0.2, 0) is 0 Å². The molecule has 132 valence electrons. The van der Waals surface area contributed by atoms with Gasteiger partial charge in [-0.1, -0.05) is 23.8 Å². The van der Waals surface area contributed by atoms with Crippen LogP contribution in [0.1, 0.15) is 42.6 Å². The number of amides is 1. The van der Waals surface area contributed by atoms with Gasteiger partial charge in [-0.05, 0) is 38.2 Å². The zero-order valence-corrected chi connectivity index (χ0v) is 14.9. The fourth-order valence-electron chi connectivity index (χ4n) is 2.96. The van der Waals surface area contributed by atoms with E-state index in [1.165, 1.54) is 18.9 Å². The van der Waals surface area contributed by atoms with Crippen LogP contribution >= 0.6 is 11.6 Å². The second kappa shape index (κ2) is 7.70. The van der Waals surface area contributed by atoms with Crippen LogP contribution in [0.25, 0.3) is 11.3 Å². The van der Waals surface area contributed by atoms with E-state index < -0.39 is 0 Å². The van der Waals surface area contributed by atoms with Crippen LogP contribution < -0.4 is 10.1 Å². The van der Waals surface area contributed by atoms with Gasteiger partial charge in [0.15, 0.2) is 5.69 Å². The van der Waals surface area contributed by atoms with Crippen LogP contribution in [0.15, 0.2) is 30.5 Å². The maximum Gasteiger partial charge on any atom is 0.272 e. The number of H-pyrrole nitrogens is 1. The Bertz CT molecular complexity index is 787. The molecule has 1 aliphatic carbocycles. The highest BCUT2D eigenvalue weighted by Crippen LogP contribution is 2.29. The van der Waals surface area contributed by atoms with Gasteiger partial charge in [0.25, 0.3) is 5.91 Å². The van der Waals surface area contributed by atoms with E-state index in [9.17, 15) is 4.79 Å². The molecule has 6 nitrogen and oxygen atoms in total. The van der Waals surface area contributed by atoms with Gasteiger partial charge < -0.3 is 10.1 Å². The minimum atomic E-state index is -0.183. The predicted molar refractivity (Wildman–Crippen MR) is 96.9 cm³/mol. The van der Waals surface area contributed by atoms with Gasteiger partial charge in [0.1, 0.15) is 0 Å². The van der Waals surface area contributed by atoms with Crippen molar-refractivity contribution in [2.75, 3.05) is 7.11 Å². The summed E-state index contributed by atoms with van der Waals surface area (Å²) < 4.78 is 5.12. The maximum atomic E-state index is 12.5. The summed E-state index contributed by atoms with van der Waals surface area (Å²) in [7, 11) is 1.53. The monoisotopic (exact) mass is 360 g/mol. The van der Waals surface area contributed by atoms with Gasteiger partial charge in [-0.15, -0.1) is 0 Å². The lowest BCUT2D eigenvalue weighted by Crippen LogP contribution is -2.34. The molecular weight excluding hydrogens is 340 g/mol. The number of hydrogen-bond donors (Lipinski definition) is 2. The van der Waals surface area contributed by atoms with Crippen molar-refractivity contribution in [2.24, 2.45) is 0 Å². The van der Waals surface area contributed by atoms with Crippen molar-refractivity contribution in [3.63, 3.8) is 0 Å². The van der Waals surface area contributed by atoms with Crippen molar-refractivity contribution in [1.29, 1.82) is 0 Å². The Morgan fingerprint density at radius 2 is 2.24 bits per heavy atom. The molecule has 2 aromatic rings. The molecule has 1 amide bonds. The number of nitrogens with one attached hydrogen (secondary N) is 2. The molecule has 2 N–H and O–H groups in total. The zero-order valence-electron chi connectivity index (χ0n) is 14.1. The summed E-state index contributed by atoms with van der Waals surface area (Å²) in [4.78, 5) is 16.5. The number of aromatic amines is 1. The Hall–Kier alpha value is -2.34. The number of rotatable bonds is 4. The number of hydrogen-bond acceptors (Lipinski definition) is 4. The van der Waals surface area contributed by atoms with Gasteiger partial charge in [-0.25, -0.2) is 4.98 Å². The van der Waals surface area contributed by atoms with Crippen molar-refractivity contribution < 1.29 is 9.53 Å². The number of carbonyl (C=O) groups is 1. The van der Waals surface area contributed by atoms with Crippen LogP contribution in [0.3, 0.4) is 0 Å². The first-order valence-electron chi connectivity index (χ1n) is 8.29. The lowest BCUT2D eigenvalue weighted by atomic mass is 10.1. The molecule has 25 heavy (non-hydrogen) atoms. The maximum absolute atomic E-state index is 12.5. The van der Waals surface area contributed by atoms with Crippen LogP contribution in [0.4, 0.5) is 0 Å². The Morgan fingerprint density at radius 1 is 1.40 bits per heavy atom. The Morgan fingerprint density at radius 3 is 3.04 bits per heavy atom. The van der Waals surface area contributed by atoms with Crippen molar-refractivity contribution in [3.8, 4) is 17.1 Å². The molecule has 3 rings (SSSR count). The fraction of sp³-hybridized carbons (Fsp3) is 0.389. The van der Waals surface area contributed by atoms with E-state index in [0.717, 1.165) is 32.1 Å². The lowest BCUT2D eigenvalue weighted by Gasteiger charge is -2.14. The molecule has 1 aliphatic rings. The highest BCUT2D eigenvalue weighted by molar-refractivity contribution is 6.33. The molecule has 0 saturated heterocycles. The molecule has 0 unspecified atom stereocenters. The summed E-state index contributed by atoms with van der Waals surface area (Å²) in [5.74, 6) is 0.260. The number of methoxy groups -OCH3 is 1. The van der Waals surface area contributed by atoms with Crippen LogP contribution in [0.2, 0.25) is 5.02 Å². The molecule has 7 heteroatoms. The van der Waals surface area contributed by atoms with Crippen molar-refractivity contribution in [1.82, 2.24) is 20.5 Å². The average Bonchev–Trinajstić information content (AvgIpc) is 3.01. The number of carbonyl (C=O) groups excluding carboxylic acids is 1. The number of aromatic nitrogens is 3. The number of pyridine rings is 1. The van der Waals surface area contributed by atoms with Gasteiger partial charge in [-0.2, -0.15) is 5.10 Å². The van der Waals surface area contributed by atoms with E-state index in [2.05, 4.69) is 27.1 Å². The number of nitrogens with zero attached hydrogens (tertiary/aromatic N) is 2. The SMILES string of the molecule is C=C1CCC[C@H](NC(=O)c2cc(-c3cc(OC)ncc3Cl)[nH]n2)CC1. The summed E-state index contributed by atoms with van der Waals surface area (Å²) in [6, 6.07) is 3.55. The third-order valence-electron chi connectivity index (χ3n) is 4.40. The van der Waals surface area contributed by atoms with Gasteiger partial charge in [0, 0.05) is 17.7 Å². The number of halogens is 1. The number of allylic oxidation sites excluding steroid dienone is 1. The molecular formula is C18H21ClN4O2. The Kier molecular flexibility index (Phi) is 5.38. The minimum absolute atomic E-state index is 0.163. The van der Waals surface area contributed by atoms with Crippen molar-refractivity contribution >= 4 is 17.5 Å². The summed E-state index contributed by atoms with van der Waals surface area (Å²) in [6.45, 7) is 4.05.